The maximum Gasteiger partial charge on any atom is 0.508 e. The van der Waals surface area contributed by atoms with Crippen LogP contribution in [0.3, 0.4) is 0 Å². The van der Waals surface area contributed by atoms with Gasteiger partial charge in [0.1, 0.15) is 32.0 Å². The Balaban J connectivity index is 1.20. The standard InChI is InChI=1S/C28H31N5O12/c34-19-45-24-15-25(31(16-24)27(36)43-17-20-1-5-22(6-2-20)32(38)39)26(35)30-11-9-29(10-12-30)13-14-42-28(37)44-18-21-3-7-23(8-4-21)33(40)41/h1-8,19,24-25H,9-18H2/t24-,25+/m0/s1. The lowest BCUT2D eigenvalue weighted by Gasteiger charge is -2.36. The summed E-state index contributed by atoms with van der Waals surface area (Å²) >= 11 is 0. The minimum Gasteiger partial charge on any atom is -0.463 e. The monoisotopic (exact) mass is 629 g/mol. The van der Waals surface area contributed by atoms with Crippen LogP contribution in [0.4, 0.5) is 21.0 Å². The van der Waals surface area contributed by atoms with Crippen molar-refractivity contribution in [2.45, 2.75) is 31.8 Å². The topological polar surface area (TPSA) is 201 Å². The number of nitro benzene ring substituents is 2. The summed E-state index contributed by atoms with van der Waals surface area (Å²) in [4.78, 5) is 74.5. The summed E-state index contributed by atoms with van der Waals surface area (Å²) in [5, 5.41) is 21.6. The Kier molecular flexibility index (Phi) is 11.2. The lowest BCUT2D eigenvalue weighted by molar-refractivity contribution is -0.385. The molecule has 17 heteroatoms. The Bertz CT molecular complexity index is 1380. The van der Waals surface area contributed by atoms with Crippen molar-refractivity contribution in [1.29, 1.82) is 0 Å². The Morgan fingerprint density at radius 3 is 1.91 bits per heavy atom. The van der Waals surface area contributed by atoms with Crippen molar-refractivity contribution >= 4 is 36.0 Å². The molecular weight excluding hydrogens is 598 g/mol. The number of rotatable bonds is 12. The number of nitro groups is 2. The second-order valence-corrected chi connectivity index (χ2v) is 10.2. The number of benzene rings is 2. The van der Waals surface area contributed by atoms with E-state index in [9.17, 15) is 39.4 Å². The summed E-state index contributed by atoms with van der Waals surface area (Å²) < 4.78 is 20.5. The molecular formula is C28H31N5O12. The molecule has 2 amide bonds. The van der Waals surface area contributed by atoms with Gasteiger partial charge in [0.2, 0.25) is 5.91 Å². The summed E-state index contributed by atoms with van der Waals surface area (Å²) in [6, 6.07) is 10.2. The smallest absolute Gasteiger partial charge is 0.463 e. The highest BCUT2D eigenvalue weighted by Crippen LogP contribution is 2.24. The molecule has 0 radical (unpaired) electrons. The third kappa shape index (κ3) is 9.09. The van der Waals surface area contributed by atoms with Crippen LogP contribution in [0.5, 0.6) is 0 Å². The molecule has 2 aromatic carbocycles. The van der Waals surface area contributed by atoms with E-state index in [1.54, 1.807) is 4.90 Å². The molecule has 240 valence electrons. The van der Waals surface area contributed by atoms with Crippen LogP contribution in [0.1, 0.15) is 17.5 Å². The predicted molar refractivity (Wildman–Crippen MR) is 152 cm³/mol. The third-order valence-electron chi connectivity index (χ3n) is 7.35. The molecule has 2 saturated heterocycles. The molecule has 4 rings (SSSR count). The molecule has 2 heterocycles. The van der Waals surface area contributed by atoms with Crippen LogP contribution in [0, 0.1) is 20.2 Å². The maximum atomic E-state index is 13.4. The van der Waals surface area contributed by atoms with Crippen LogP contribution in [-0.4, -0.2) is 107 Å². The molecule has 0 saturated carbocycles. The molecule has 0 spiro atoms. The lowest BCUT2D eigenvalue weighted by Crippen LogP contribution is -2.54. The van der Waals surface area contributed by atoms with Gasteiger partial charge in [0.25, 0.3) is 17.8 Å². The second-order valence-electron chi connectivity index (χ2n) is 10.2. The molecule has 17 nitrogen and oxygen atoms in total. The molecule has 2 atom stereocenters. The van der Waals surface area contributed by atoms with Crippen LogP contribution in [0.2, 0.25) is 0 Å². The number of hydrogen-bond donors (Lipinski definition) is 0. The molecule has 2 aliphatic rings. The highest BCUT2D eigenvalue weighted by atomic mass is 16.7. The van der Waals surface area contributed by atoms with Gasteiger partial charge in [0, 0.05) is 63.4 Å². The Hall–Kier alpha value is -5.32. The van der Waals surface area contributed by atoms with Crippen molar-refractivity contribution in [3.63, 3.8) is 0 Å². The van der Waals surface area contributed by atoms with Crippen molar-refractivity contribution in [3.05, 3.63) is 79.9 Å². The molecule has 0 bridgehead atoms. The molecule has 0 N–H and O–H groups in total. The first-order chi connectivity index (χ1) is 21.6. The van der Waals surface area contributed by atoms with Gasteiger partial charge >= 0.3 is 12.2 Å². The second kappa shape index (κ2) is 15.4. The van der Waals surface area contributed by atoms with E-state index in [-0.39, 0.29) is 56.5 Å². The van der Waals surface area contributed by atoms with E-state index < -0.39 is 34.2 Å². The van der Waals surface area contributed by atoms with Crippen molar-refractivity contribution in [1.82, 2.24) is 14.7 Å². The number of non-ortho nitro benzene ring substituents is 2. The fourth-order valence-electron chi connectivity index (χ4n) is 4.91. The SMILES string of the molecule is O=CO[C@H]1C[C@H](C(=O)N2CCN(CCOC(=O)OCc3ccc([N+](=O)[O-])cc3)CC2)N(C(=O)OCc2ccc([N+](=O)[O-])cc2)C1. The largest absolute Gasteiger partial charge is 0.508 e. The third-order valence-corrected chi connectivity index (χ3v) is 7.35. The first kappa shape index (κ1) is 32.6. The number of piperazine rings is 1. The average molecular weight is 630 g/mol. The van der Waals surface area contributed by atoms with Crippen molar-refractivity contribution in [2.24, 2.45) is 0 Å². The van der Waals surface area contributed by atoms with Gasteiger partial charge in [-0.05, 0) is 35.4 Å². The van der Waals surface area contributed by atoms with Gasteiger partial charge in [-0.15, -0.1) is 0 Å². The molecule has 2 aromatic rings. The Morgan fingerprint density at radius 1 is 0.822 bits per heavy atom. The van der Waals surface area contributed by atoms with E-state index in [1.807, 2.05) is 4.90 Å². The van der Waals surface area contributed by atoms with Crippen LogP contribution >= 0.6 is 0 Å². The summed E-state index contributed by atoms with van der Waals surface area (Å²) in [7, 11) is 0. The number of likely N-dealkylation sites (tertiary alicyclic amines) is 1. The zero-order chi connectivity index (χ0) is 32.3. The van der Waals surface area contributed by atoms with E-state index in [0.717, 1.165) is 0 Å². The van der Waals surface area contributed by atoms with Crippen molar-refractivity contribution in [2.75, 3.05) is 45.9 Å². The number of amides is 2. The highest BCUT2D eigenvalue weighted by molar-refractivity contribution is 5.86. The van der Waals surface area contributed by atoms with Gasteiger partial charge in [0.15, 0.2) is 0 Å². The Labute approximate surface area is 256 Å². The van der Waals surface area contributed by atoms with Crippen LogP contribution in [-0.2, 0) is 41.8 Å². The van der Waals surface area contributed by atoms with Crippen LogP contribution in [0.25, 0.3) is 0 Å². The molecule has 2 fully saturated rings. The Morgan fingerprint density at radius 2 is 1.38 bits per heavy atom. The van der Waals surface area contributed by atoms with Gasteiger partial charge in [0.05, 0.1) is 16.4 Å². The van der Waals surface area contributed by atoms with Crippen LogP contribution in [0.15, 0.2) is 48.5 Å². The van der Waals surface area contributed by atoms with Crippen molar-refractivity contribution < 1.29 is 48.0 Å². The lowest BCUT2D eigenvalue weighted by atomic mass is 10.1. The van der Waals surface area contributed by atoms with E-state index in [1.165, 1.54) is 53.4 Å². The van der Waals surface area contributed by atoms with Gasteiger partial charge in [-0.2, -0.15) is 0 Å². The maximum absolute atomic E-state index is 13.4. The van der Waals surface area contributed by atoms with E-state index in [2.05, 4.69) is 0 Å². The number of hydrogen-bond acceptors (Lipinski definition) is 13. The minimum absolute atomic E-state index is 0.0220. The van der Waals surface area contributed by atoms with E-state index in [0.29, 0.717) is 43.9 Å². The van der Waals surface area contributed by atoms with Gasteiger partial charge in [-0.3, -0.25) is 39.6 Å². The first-order valence-electron chi connectivity index (χ1n) is 13.9. The normalized spacial score (nSPS) is 18.1. The zero-order valence-electron chi connectivity index (χ0n) is 24.1. The molecule has 0 aromatic heterocycles. The van der Waals surface area contributed by atoms with Gasteiger partial charge in [-0.1, -0.05) is 0 Å². The molecule has 0 aliphatic carbocycles. The summed E-state index contributed by atoms with van der Waals surface area (Å²) in [5.74, 6) is -0.315. The molecule has 45 heavy (non-hydrogen) atoms. The number of carbonyl (C=O) groups is 4. The zero-order valence-corrected chi connectivity index (χ0v) is 24.1. The summed E-state index contributed by atoms with van der Waals surface area (Å²) in [6.45, 7) is 2.10. The van der Waals surface area contributed by atoms with E-state index in [4.69, 9.17) is 18.9 Å². The number of carbonyl (C=O) groups excluding carboxylic acids is 4. The molecule has 0 unspecified atom stereocenters. The average Bonchev–Trinajstić information content (AvgIpc) is 3.47. The minimum atomic E-state index is -0.903. The van der Waals surface area contributed by atoms with Crippen molar-refractivity contribution in [3.8, 4) is 0 Å². The predicted octanol–water partition coefficient (Wildman–Crippen LogP) is 2.25. The number of nitrogens with zero attached hydrogens (tertiary/aromatic N) is 5. The summed E-state index contributed by atoms with van der Waals surface area (Å²) in [5.41, 5.74) is 0.922. The molecule has 2 aliphatic heterocycles. The first-order valence-corrected chi connectivity index (χ1v) is 13.9. The van der Waals surface area contributed by atoms with Crippen LogP contribution < -0.4 is 0 Å². The summed E-state index contributed by atoms with van der Waals surface area (Å²) in [6.07, 6.45) is -2.22. The quantitative estimate of drug-likeness (QED) is 0.109. The highest BCUT2D eigenvalue weighted by Gasteiger charge is 2.43. The van der Waals surface area contributed by atoms with Gasteiger partial charge < -0.3 is 23.8 Å². The fraction of sp³-hybridized carbons (Fsp3) is 0.429. The van der Waals surface area contributed by atoms with E-state index >= 15 is 0 Å². The van der Waals surface area contributed by atoms with Gasteiger partial charge in [-0.25, -0.2) is 9.59 Å². The number of ether oxygens (including phenoxy) is 4. The fourth-order valence-corrected chi connectivity index (χ4v) is 4.91.